The number of aliphatic carboxylic acids is 1. The molecule has 4 heteroatoms. The summed E-state index contributed by atoms with van der Waals surface area (Å²) in [6.45, 7) is 3.07. The first-order valence-electron chi connectivity index (χ1n) is 5.54. The lowest BCUT2D eigenvalue weighted by Crippen LogP contribution is -2.37. The predicted molar refractivity (Wildman–Crippen MR) is 72.1 cm³/mol. The minimum atomic E-state index is -1.23. The summed E-state index contributed by atoms with van der Waals surface area (Å²) in [5, 5.41) is 13.1. The van der Waals surface area contributed by atoms with Crippen LogP contribution in [-0.4, -0.2) is 16.7 Å². The summed E-state index contributed by atoms with van der Waals surface area (Å²) in [6.07, 6.45) is 0. The molecular formula is C14H14O3S. The van der Waals surface area contributed by atoms with E-state index in [9.17, 15) is 4.79 Å². The number of ether oxygens (including phenoxy) is 1. The summed E-state index contributed by atoms with van der Waals surface area (Å²) in [6, 6.07) is 9.47. The molecule has 3 nitrogen and oxygen atoms in total. The Labute approximate surface area is 110 Å². The van der Waals surface area contributed by atoms with Crippen molar-refractivity contribution in [2.45, 2.75) is 19.4 Å². The van der Waals surface area contributed by atoms with Gasteiger partial charge in [0.15, 0.2) is 5.60 Å². The van der Waals surface area contributed by atoms with Crippen LogP contribution in [0.5, 0.6) is 5.75 Å². The first-order chi connectivity index (χ1) is 8.49. The minimum Gasteiger partial charge on any atom is -0.478 e. The summed E-state index contributed by atoms with van der Waals surface area (Å²) in [5.41, 5.74) is 0.904. The molecule has 0 spiro atoms. The van der Waals surface area contributed by atoms with Crippen molar-refractivity contribution in [2.24, 2.45) is 0 Å². The molecule has 0 aliphatic rings. The molecule has 1 heterocycles. The summed E-state index contributed by atoms with van der Waals surface area (Å²) in [5.74, 6) is -0.422. The van der Waals surface area contributed by atoms with Crippen LogP contribution in [0, 0.1) is 0 Å². The quantitative estimate of drug-likeness (QED) is 0.914. The van der Waals surface area contributed by atoms with Gasteiger partial charge in [0.2, 0.25) is 0 Å². The van der Waals surface area contributed by atoms with Gasteiger partial charge in [0, 0.05) is 0 Å². The Hall–Kier alpha value is -1.81. The zero-order valence-corrected chi connectivity index (χ0v) is 11.0. The first-order valence-corrected chi connectivity index (χ1v) is 6.48. The molecule has 0 unspecified atom stereocenters. The number of thiophene rings is 1. The largest absolute Gasteiger partial charge is 0.478 e. The molecule has 0 radical (unpaired) electrons. The highest BCUT2D eigenvalue weighted by Crippen LogP contribution is 2.27. The highest BCUT2D eigenvalue weighted by molar-refractivity contribution is 7.08. The molecule has 2 rings (SSSR count). The van der Waals surface area contributed by atoms with E-state index < -0.39 is 11.6 Å². The number of hydrogen-bond acceptors (Lipinski definition) is 3. The summed E-state index contributed by atoms with van der Waals surface area (Å²) in [4.78, 5) is 11.0. The predicted octanol–water partition coefficient (Wildman–Crippen LogP) is 3.66. The lowest BCUT2D eigenvalue weighted by molar-refractivity contribution is -0.152. The lowest BCUT2D eigenvalue weighted by atomic mass is 10.1. The number of benzene rings is 1. The molecule has 0 bridgehead atoms. The first kappa shape index (κ1) is 12.6. The highest BCUT2D eigenvalue weighted by atomic mass is 32.1. The van der Waals surface area contributed by atoms with E-state index in [1.807, 2.05) is 35.0 Å². The molecule has 94 valence electrons. The van der Waals surface area contributed by atoms with Crippen LogP contribution in [0.4, 0.5) is 0 Å². The molecule has 0 fully saturated rings. The maximum absolute atomic E-state index is 11.0. The summed E-state index contributed by atoms with van der Waals surface area (Å²) in [7, 11) is 0. The van der Waals surface area contributed by atoms with Gasteiger partial charge in [0.05, 0.1) is 0 Å². The van der Waals surface area contributed by atoms with Gasteiger partial charge in [-0.1, -0.05) is 12.1 Å². The van der Waals surface area contributed by atoms with E-state index in [0.29, 0.717) is 5.75 Å². The van der Waals surface area contributed by atoms with Crippen molar-refractivity contribution in [3.8, 4) is 16.9 Å². The van der Waals surface area contributed by atoms with Gasteiger partial charge < -0.3 is 9.84 Å². The number of hydrogen-bond donors (Lipinski definition) is 1. The van der Waals surface area contributed by atoms with Crippen molar-refractivity contribution < 1.29 is 14.6 Å². The molecule has 0 saturated carbocycles. The maximum atomic E-state index is 11.0. The monoisotopic (exact) mass is 262 g/mol. The second-order valence-electron chi connectivity index (χ2n) is 4.46. The van der Waals surface area contributed by atoms with Crippen LogP contribution in [0.1, 0.15) is 13.8 Å². The Morgan fingerprint density at radius 1 is 1.28 bits per heavy atom. The van der Waals surface area contributed by atoms with Crippen molar-refractivity contribution in [2.75, 3.05) is 0 Å². The van der Waals surface area contributed by atoms with E-state index in [-0.39, 0.29) is 0 Å². The van der Waals surface area contributed by atoms with E-state index in [1.165, 1.54) is 13.8 Å². The zero-order valence-electron chi connectivity index (χ0n) is 10.2. The zero-order chi connectivity index (χ0) is 13.2. The number of carboxylic acids is 1. The number of rotatable bonds is 4. The summed E-state index contributed by atoms with van der Waals surface area (Å²) < 4.78 is 5.51. The van der Waals surface area contributed by atoms with Crippen molar-refractivity contribution >= 4 is 17.3 Å². The Bertz CT molecular complexity index is 544. The van der Waals surface area contributed by atoms with Crippen LogP contribution >= 0.6 is 11.3 Å². The third kappa shape index (κ3) is 2.71. The fraction of sp³-hybridized carbons (Fsp3) is 0.214. The molecule has 18 heavy (non-hydrogen) atoms. The van der Waals surface area contributed by atoms with Crippen LogP contribution in [0.3, 0.4) is 0 Å². The number of carbonyl (C=O) groups is 1. The van der Waals surface area contributed by atoms with Crippen molar-refractivity contribution in [1.29, 1.82) is 0 Å². The van der Waals surface area contributed by atoms with Crippen molar-refractivity contribution in [1.82, 2.24) is 0 Å². The fourth-order valence-corrected chi connectivity index (χ4v) is 2.17. The molecular weight excluding hydrogens is 248 g/mol. The van der Waals surface area contributed by atoms with Gasteiger partial charge in [-0.2, -0.15) is 11.3 Å². The third-order valence-electron chi connectivity index (χ3n) is 2.58. The average Bonchev–Trinajstić information content (AvgIpc) is 2.82. The van der Waals surface area contributed by atoms with Crippen molar-refractivity contribution in [3.05, 3.63) is 41.1 Å². The van der Waals surface area contributed by atoms with Crippen LogP contribution in [-0.2, 0) is 4.79 Å². The van der Waals surface area contributed by atoms with Gasteiger partial charge in [-0.05, 0) is 53.9 Å². The molecule has 1 N–H and O–H groups in total. The highest BCUT2D eigenvalue weighted by Gasteiger charge is 2.29. The van der Waals surface area contributed by atoms with Gasteiger partial charge >= 0.3 is 5.97 Å². The van der Waals surface area contributed by atoms with E-state index in [0.717, 1.165) is 11.1 Å². The normalized spacial score (nSPS) is 11.2. The molecule has 0 aliphatic heterocycles. The molecule has 0 saturated heterocycles. The number of carboxylic acid groups (broad SMARTS) is 1. The van der Waals surface area contributed by atoms with Gasteiger partial charge in [0.1, 0.15) is 5.75 Å². The van der Waals surface area contributed by atoms with E-state index in [1.54, 1.807) is 17.4 Å². The Morgan fingerprint density at radius 3 is 2.67 bits per heavy atom. The van der Waals surface area contributed by atoms with Crippen LogP contribution < -0.4 is 4.74 Å². The Kier molecular flexibility index (Phi) is 3.39. The van der Waals surface area contributed by atoms with Crippen LogP contribution in [0.25, 0.3) is 11.1 Å². The topological polar surface area (TPSA) is 46.5 Å². The molecule has 2 aromatic rings. The van der Waals surface area contributed by atoms with Crippen LogP contribution in [0.15, 0.2) is 41.1 Å². The van der Waals surface area contributed by atoms with Crippen molar-refractivity contribution in [3.63, 3.8) is 0 Å². The van der Waals surface area contributed by atoms with E-state index >= 15 is 0 Å². The maximum Gasteiger partial charge on any atom is 0.347 e. The van der Waals surface area contributed by atoms with Gasteiger partial charge in [-0.3, -0.25) is 0 Å². The molecule has 1 aromatic heterocycles. The third-order valence-corrected chi connectivity index (χ3v) is 3.26. The van der Waals surface area contributed by atoms with Gasteiger partial charge in [-0.15, -0.1) is 0 Å². The molecule has 0 atom stereocenters. The fourth-order valence-electron chi connectivity index (χ4n) is 1.51. The standard InChI is InChI=1S/C14H14O3S/c1-14(2,13(15)16)17-12-5-3-4-10(8-12)11-6-7-18-9-11/h3-9H,1-2H3,(H,15,16). The Morgan fingerprint density at radius 2 is 2.06 bits per heavy atom. The van der Waals surface area contributed by atoms with Crippen LogP contribution in [0.2, 0.25) is 0 Å². The molecule has 1 aromatic carbocycles. The van der Waals surface area contributed by atoms with E-state index in [2.05, 4.69) is 0 Å². The molecule has 0 aliphatic carbocycles. The average molecular weight is 262 g/mol. The second-order valence-corrected chi connectivity index (χ2v) is 5.24. The SMILES string of the molecule is CC(C)(Oc1cccc(-c2ccsc2)c1)C(=O)O. The second kappa shape index (κ2) is 4.82. The lowest BCUT2D eigenvalue weighted by Gasteiger charge is -2.21. The Balaban J connectivity index is 2.26. The van der Waals surface area contributed by atoms with E-state index in [4.69, 9.17) is 9.84 Å². The van der Waals surface area contributed by atoms with Gasteiger partial charge in [-0.25, -0.2) is 4.79 Å². The summed E-state index contributed by atoms with van der Waals surface area (Å²) >= 11 is 1.62. The van der Waals surface area contributed by atoms with Gasteiger partial charge in [0.25, 0.3) is 0 Å². The molecule has 0 amide bonds. The minimum absolute atomic E-state index is 0.561. The smallest absolute Gasteiger partial charge is 0.347 e.